The topological polar surface area (TPSA) is 41.8 Å². The number of nitrogens with zero attached hydrogens (tertiary/aromatic N) is 2. The van der Waals surface area contributed by atoms with Crippen LogP contribution in [0.2, 0.25) is 0 Å². The predicted molar refractivity (Wildman–Crippen MR) is 58.8 cm³/mol. The number of hydrogen-bond donors (Lipinski definition) is 0. The zero-order valence-electron chi connectivity index (χ0n) is 9.42. The molecule has 0 aromatic rings. The molecule has 1 aliphatic carbocycles. The van der Waals surface area contributed by atoms with E-state index in [0.29, 0.717) is 5.71 Å². The van der Waals surface area contributed by atoms with Gasteiger partial charge in [-0.1, -0.05) is 27.7 Å². The fourth-order valence-electron chi connectivity index (χ4n) is 1.74. The van der Waals surface area contributed by atoms with Crippen LogP contribution in [0.5, 0.6) is 0 Å². The lowest BCUT2D eigenvalue weighted by Gasteiger charge is -2.38. The molecule has 78 valence electrons. The van der Waals surface area contributed by atoms with E-state index in [4.69, 9.17) is 0 Å². The van der Waals surface area contributed by atoms with Gasteiger partial charge in [0.15, 0.2) is 5.78 Å². The molecule has 0 atom stereocenters. The molecule has 14 heavy (non-hydrogen) atoms. The van der Waals surface area contributed by atoms with E-state index >= 15 is 0 Å². The van der Waals surface area contributed by atoms with Crippen LogP contribution in [0.4, 0.5) is 0 Å². The van der Waals surface area contributed by atoms with Crippen LogP contribution in [0.15, 0.2) is 10.2 Å². The Morgan fingerprint density at radius 1 is 1.14 bits per heavy atom. The highest BCUT2D eigenvalue weighted by Gasteiger charge is 2.44. The van der Waals surface area contributed by atoms with Crippen LogP contribution >= 0.6 is 0 Å². The van der Waals surface area contributed by atoms with Gasteiger partial charge in [0.05, 0.1) is 0 Å². The van der Waals surface area contributed by atoms with Gasteiger partial charge in [-0.2, -0.15) is 10.2 Å². The minimum atomic E-state index is -0.293. The minimum absolute atomic E-state index is 0.112. The molecule has 3 heteroatoms. The lowest BCUT2D eigenvalue weighted by Crippen LogP contribution is -2.45. The van der Waals surface area contributed by atoms with Crippen molar-refractivity contribution < 1.29 is 4.79 Å². The van der Waals surface area contributed by atoms with Crippen molar-refractivity contribution in [3.05, 3.63) is 0 Å². The van der Waals surface area contributed by atoms with Crippen molar-refractivity contribution in [2.24, 2.45) is 21.0 Å². The van der Waals surface area contributed by atoms with Crippen molar-refractivity contribution in [1.82, 2.24) is 0 Å². The fourth-order valence-corrected chi connectivity index (χ4v) is 1.74. The smallest absolute Gasteiger partial charge is 0.185 e. The third-order valence-electron chi connectivity index (χ3n) is 3.02. The predicted octanol–water partition coefficient (Wildman–Crippen LogP) is 2.46. The van der Waals surface area contributed by atoms with Crippen LogP contribution in [0.3, 0.4) is 0 Å². The highest BCUT2D eigenvalue weighted by Crippen LogP contribution is 2.40. The molecule has 0 aromatic heterocycles. The molecule has 0 unspecified atom stereocenters. The Hall–Kier alpha value is -0.990. The lowest BCUT2D eigenvalue weighted by atomic mass is 9.65. The highest BCUT2D eigenvalue weighted by atomic mass is 16.1. The van der Waals surface area contributed by atoms with Crippen LogP contribution in [0.25, 0.3) is 0 Å². The second-order valence-electron chi connectivity index (χ2n) is 5.19. The van der Waals surface area contributed by atoms with E-state index in [1.807, 2.05) is 27.7 Å². The molecule has 0 N–H and O–H groups in total. The molecule has 0 saturated heterocycles. The molecule has 1 saturated carbocycles. The normalized spacial score (nSPS) is 27.7. The van der Waals surface area contributed by atoms with Gasteiger partial charge in [-0.05, 0) is 12.8 Å². The second-order valence-corrected chi connectivity index (χ2v) is 5.19. The maximum atomic E-state index is 12.0. The van der Waals surface area contributed by atoms with Crippen LogP contribution in [-0.2, 0) is 4.79 Å². The van der Waals surface area contributed by atoms with Crippen molar-refractivity contribution in [1.29, 1.82) is 0 Å². The molecule has 0 heterocycles. The Kier molecular flexibility index (Phi) is 2.61. The summed E-state index contributed by atoms with van der Waals surface area (Å²) in [4.78, 5) is 12.0. The van der Waals surface area contributed by atoms with Crippen LogP contribution < -0.4 is 0 Å². The molecular weight excluding hydrogens is 176 g/mol. The summed E-state index contributed by atoms with van der Waals surface area (Å²) in [5.41, 5.74) is 0.121. The Bertz CT molecular complexity index is 300. The monoisotopic (exact) mass is 194 g/mol. The van der Waals surface area contributed by atoms with Crippen molar-refractivity contribution in [2.45, 2.75) is 40.5 Å². The van der Waals surface area contributed by atoms with Crippen LogP contribution in [-0.4, -0.2) is 18.2 Å². The zero-order chi connectivity index (χ0) is 11.0. The quantitative estimate of drug-likeness (QED) is 0.467. The van der Waals surface area contributed by atoms with Crippen molar-refractivity contribution in [3.63, 3.8) is 0 Å². The summed E-state index contributed by atoms with van der Waals surface area (Å²) in [5, 5.41) is 7.38. The molecule has 1 aliphatic rings. The van der Waals surface area contributed by atoms with E-state index < -0.39 is 0 Å². The number of ketones is 1. The first kappa shape index (κ1) is 11.1. The first-order chi connectivity index (χ1) is 6.31. The highest BCUT2D eigenvalue weighted by molar-refractivity contribution is 6.43. The van der Waals surface area contributed by atoms with Crippen molar-refractivity contribution in [3.8, 4) is 0 Å². The number of rotatable bonds is 1. The zero-order valence-corrected chi connectivity index (χ0v) is 9.42. The summed E-state index contributed by atoms with van der Waals surface area (Å²) in [6.07, 6.45) is 1.88. The summed E-state index contributed by atoms with van der Waals surface area (Å²) < 4.78 is 0. The molecule has 0 radical (unpaired) electrons. The molecule has 0 aliphatic heterocycles. The molecule has 0 spiro atoms. The molecule has 0 aromatic carbocycles. The van der Waals surface area contributed by atoms with E-state index in [-0.39, 0.29) is 16.6 Å². The summed E-state index contributed by atoms with van der Waals surface area (Å²) in [6, 6.07) is 0. The number of carbonyl (C=O) groups is 1. The molecule has 1 rings (SSSR count). The Labute approximate surface area is 85.3 Å². The van der Waals surface area contributed by atoms with E-state index in [0.717, 1.165) is 12.8 Å². The van der Waals surface area contributed by atoms with Crippen LogP contribution in [0, 0.1) is 10.8 Å². The first-order valence-corrected chi connectivity index (χ1v) is 4.90. The molecule has 0 bridgehead atoms. The van der Waals surface area contributed by atoms with Crippen molar-refractivity contribution in [2.75, 3.05) is 0 Å². The maximum absolute atomic E-state index is 12.0. The van der Waals surface area contributed by atoms with Gasteiger partial charge in [-0.15, -0.1) is 0 Å². The average Bonchev–Trinajstić information content (AvgIpc) is 2.08. The third kappa shape index (κ3) is 1.76. The second kappa shape index (κ2) is 3.30. The van der Waals surface area contributed by atoms with E-state index in [1.54, 1.807) is 0 Å². The van der Waals surface area contributed by atoms with Gasteiger partial charge in [0.25, 0.3) is 0 Å². The Morgan fingerprint density at radius 3 is 2.14 bits per heavy atom. The van der Waals surface area contributed by atoms with Gasteiger partial charge >= 0.3 is 0 Å². The van der Waals surface area contributed by atoms with Crippen molar-refractivity contribution >= 4 is 18.2 Å². The summed E-state index contributed by atoms with van der Waals surface area (Å²) in [5.74, 6) is 0.112. The maximum Gasteiger partial charge on any atom is 0.185 e. The first-order valence-electron chi connectivity index (χ1n) is 4.90. The number of hydrogen-bond acceptors (Lipinski definition) is 3. The minimum Gasteiger partial charge on any atom is -0.292 e. The van der Waals surface area contributed by atoms with Crippen LogP contribution in [0.1, 0.15) is 40.5 Å². The Morgan fingerprint density at radius 2 is 1.64 bits per heavy atom. The molecule has 1 fully saturated rings. The SMILES string of the molecule is C=N/N=C1\C(=O)C(C)(C)CCC1(C)C. The third-order valence-corrected chi connectivity index (χ3v) is 3.02. The van der Waals surface area contributed by atoms with Gasteiger partial charge < -0.3 is 0 Å². The number of carbonyl (C=O) groups excluding carboxylic acids is 1. The molecule has 3 nitrogen and oxygen atoms in total. The largest absolute Gasteiger partial charge is 0.292 e. The summed E-state index contributed by atoms with van der Waals surface area (Å²) in [6.45, 7) is 11.3. The summed E-state index contributed by atoms with van der Waals surface area (Å²) in [7, 11) is 0. The molecule has 0 amide bonds. The van der Waals surface area contributed by atoms with E-state index in [2.05, 4.69) is 16.9 Å². The summed E-state index contributed by atoms with van der Waals surface area (Å²) >= 11 is 0. The van der Waals surface area contributed by atoms with Gasteiger partial charge in [0, 0.05) is 17.5 Å². The van der Waals surface area contributed by atoms with Gasteiger partial charge in [-0.25, -0.2) is 0 Å². The average molecular weight is 194 g/mol. The fraction of sp³-hybridized carbons (Fsp3) is 0.727. The Balaban J connectivity index is 3.13. The van der Waals surface area contributed by atoms with Gasteiger partial charge in [0.2, 0.25) is 0 Å². The van der Waals surface area contributed by atoms with E-state index in [9.17, 15) is 4.79 Å². The van der Waals surface area contributed by atoms with Gasteiger partial charge in [0.1, 0.15) is 5.71 Å². The van der Waals surface area contributed by atoms with E-state index in [1.165, 1.54) is 0 Å². The standard InChI is InChI=1S/C11H18N2O/c1-10(2)6-7-11(3,4)9(14)8(10)13-12-5/h5-7H2,1-4H3/b13-8+. The lowest BCUT2D eigenvalue weighted by molar-refractivity contribution is -0.122. The van der Waals surface area contributed by atoms with Gasteiger partial charge in [-0.3, -0.25) is 4.79 Å². The molecular formula is C11H18N2O. The number of Topliss-reactive ketones (excluding diaryl/α,β-unsaturated/α-hetero) is 1.